The Morgan fingerprint density at radius 1 is 0.879 bits per heavy atom. The monoisotopic (exact) mass is 433 g/mol. The lowest BCUT2D eigenvalue weighted by Gasteiger charge is -2.32. The number of imidazole rings is 1. The summed E-state index contributed by atoms with van der Waals surface area (Å²) < 4.78 is 0. The third-order valence-corrected chi connectivity index (χ3v) is 6.90. The summed E-state index contributed by atoms with van der Waals surface area (Å²) in [6, 6.07) is 21.0. The van der Waals surface area contributed by atoms with Gasteiger partial charge < -0.3 is 9.88 Å². The number of piperidine rings is 1. The second-order valence-electron chi connectivity index (χ2n) is 8.99. The van der Waals surface area contributed by atoms with Crippen molar-refractivity contribution in [1.82, 2.24) is 19.9 Å². The Morgan fingerprint density at radius 3 is 2.30 bits per heavy atom. The van der Waals surface area contributed by atoms with Crippen LogP contribution in [0.1, 0.15) is 47.1 Å². The fourth-order valence-corrected chi connectivity index (χ4v) is 5.12. The van der Waals surface area contributed by atoms with Gasteiger partial charge in [0.05, 0.1) is 11.4 Å². The minimum Gasteiger partial charge on any atom is -0.356 e. The van der Waals surface area contributed by atoms with E-state index in [0.29, 0.717) is 5.92 Å². The molecule has 0 unspecified atom stereocenters. The van der Waals surface area contributed by atoms with Crippen LogP contribution in [0.25, 0.3) is 22.9 Å². The molecule has 1 aliphatic heterocycles. The van der Waals surface area contributed by atoms with E-state index in [2.05, 4.69) is 82.5 Å². The van der Waals surface area contributed by atoms with E-state index < -0.39 is 0 Å². The molecule has 3 heterocycles. The molecule has 5 nitrogen and oxygen atoms in total. The molecule has 0 amide bonds. The summed E-state index contributed by atoms with van der Waals surface area (Å²) >= 11 is 0. The van der Waals surface area contributed by atoms with Gasteiger partial charge in [-0.25, -0.2) is 15.0 Å². The van der Waals surface area contributed by atoms with Crippen molar-refractivity contribution in [2.24, 2.45) is 0 Å². The van der Waals surface area contributed by atoms with Gasteiger partial charge in [0.25, 0.3) is 0 Å². The van der Waals surface area contributed by atoms with Crippen molar-refractivity contribution in [2.45, 2.75) is 32.1 Å². The predicted octanol–water partition coefficient (Wildman–Crippen LogP) is 5.66. The highest BCUT2D eigenvalue weighted by atomic mass is 15.2. The number of hydrogen-bond acceptors (Lipinski definition) is 4. The maximum absolute atomic E-state index is 4.99. The average Bonchev–Trinajstić information content (AvgIpc) is 3.49. The van der Waals surface area contributed by atoms with E-state index >= 15 is 0 Å². The Hall–Kier alpha value is -3.73. The Balaban J connectivity index is 1.20. The molecule has 0 bridgehead atoms. The van der Waals surface area contributed by atoms with Gasteiger partial charge in [-0.3, -0.25) is 0 Å². The number of H-pyrrole nitrogens is 1. The van der Waals surface area contributed by atoms with Gasteiger partial charge in [-0.05, 0) is 37.0 Å². The van der Waals surface area contributed by atoms with E-state index in [9.17, 15) is 0 Å². The van der Waals surface area contributed by atoms with Crippen molar-refractivity contribution in [3.63, 3.8) is 0 Å². The topological polar surface area (TPSA) is 57.7 Å². The van der Waals surface area contributed by atoms with Gasteiger partial charge in [0, 0.05) is 42.2 Å². The summed E-state index contributed by atoms with van der Waals surface area (Å²) in [6.45, 7) is 4.07. The van der Waals surface area contributed by atoms with Crippen molar-refractivity contribution in [3.05, 3.63) is 95.3 Å². The molecule has 1 aliphatic carbocycles. The lowest BCUT2D eigenvalue weighted by Crippen LogP contribution is -2.34. The van der Waals surface area contributed by atoms with E-state index in [1.165, 1.54) is 22.3 Å². The normalized spacial score (nSPS) is 16.0. The molecule has 4 aromatic rings. The van der Waals surface area contributed by atoms with Crippen LogP contribution in [-0.2, 0) is 6.42 Å². The minimum atomic E-state index is 0.447. The quantitative estimate of drug-likeness (QED) is 0.451. The molecule has 5 heteroatoms. The highest BCUT2D eigenvalue weighted by molar-refractivity contribution is 5.91. The number of rotatable bonds is 4. The van der Waals surface area contributed by atoms with Crippen LogP contribution in [0, 0.1) is 6.92 Å². The molecule has 1 saturated heterocycles. The molecule has 0 radical (unpaired) electrons. The lowest BCUT2D eigenvalue weighted by atomic mass is 9.96. The Labute approximate surface area is 194 Å². The predicted molar refractivity (Wildman–Crippen MR) is 133 cm³/mol. The van der Waals surface area contributed by atoms with E-state index in [-0.39, 0.29) is 0 Å². The van der Waals surface area contributed by atoms with Crippen LogP contribution >= 0.6 is 0 Å². The van der Waals surface area contributed by atoms with Crippen molar-refractivity contribution in [2.75, 3.05) is 18.0 Å². The molecule has 33 heavy (non-hydrogen) atoms. The maximum Gasteiger partial charge on any atom is 0.139 e. The van der Waals surface area contributed by atoms with Crippen LogP contribution in [-0.4, -0.2) is 33.0 Å². The van der Waals surface area contributed by atoms with Gasteiger partial charge in [0.2, 0.25) is 0 Å². The van der Waals surface area contributed by atoms with Crippen molar-refractivity contribution >= 4 is 17.5 Å². The number of nitrogens with one attached hydrogen (secondary N) is 1. The van der Waals surface area contributed by atoms with Crippen LogP contribution in [0.5, 0.6) is 0 Å². The molecular formula is C28H27N5. The van der Waals surface area contributed by atoms with Gasteiger partial charge in [-0.15, -0.1) is 0 Å². The molecule has 164 valence electrons. The lowest BCUT2D eigenvalue weighted by molar-refractivity contribution is 0.486. The van der Waals surface area contributed by atoms with Gasteiger partial charge in [0.1, 0.15) is 18.0 Å². The van der Waals surface area contributed by atoms with Crippen LogP contribution in [0.3, 0.4) is 0 Å². The largest absolute Gasteiger partial charge is 0.356 e. The van der Waals surface area contributed by atoms with Crippen LogP contribution in [0.4, 0.5) is 5.82 Å². The van der Waals surface area contributed by atoms with Crippen molar-refractivity contribution in [3.8, 4) is 11.3 Å². The molecule has 0 spiro atoms. The van der Waals surface area contributed by atoms with Crippen LogP contribution < -0.4 is 4.90 Å². The smallest absolute Gasteiger partial charge is 0.139 e. The standard InChI is InChI=1S/C28H27N5/c1-19-26(21-10-6-3-7-11-21)32-27(31-19)22-12-14-33(15-13-22)28-24-16-23(17-25(24)29-18-30-28)20-8-4-2-5-9-20/h2-11,16,18,22H,12-15,17H2,1H3,(H,31,32). The number of aryl methyl sites for hydroxylation is 1. The highest BCUT2D eigenvalue weighted by Crippen LogP contribution is 2.37. The summed E-state index contributed by atoms with van der Waals surface area (Å²) in [5, 5.41) is 0. The zero-order chi connectivity index (χ0) is 22.2. The minimum absolute atomic E-state index is 0.447. The number of nitrogens with zero attached hydrogens (tertiary/aromatic N) is 4. The first kappa shape index (κ1) is 19.9. The highest BCUT2D eigenvalue weighted by Gasteiger charge is 2.28. The first-order chi connectivity index (χ1) is 16.3. The van der Waals surface area contributed by atoms with Crippen LogP contribution in [0.15, 0.2) is 67.0 Å². The Kier molecular flexibility index (Phi) is 5.02. The Bertz CT molecular complexity index is 1300. The SMILES string of the molecule is Cc1[nH]c(C2CCN(c3ncnc4c3C=C(c3ccccc3)C4)CC2)nc1-c1ccccc1. The van der Waals surface area contributed by atoms with Gasteiger partial charge in [0.15, 0.2) is 0 Å². The molecular weight excluding hydrogens is 406 g/mol. The van der Waals surface area contributed by atoms with E-state index in [1.54, 1.807) is 6.33 Å². The number of hydrogen-bond donors (Lipinski definition) is 1. The van der Waals surface area contributed by atoms with Crippen molar-refractivity contribution in [1.29, 1.82) is 0 Å². The second-order valence-corrected chi connectivity index (χ2v) is 8.99. The molecule has 6 rings (SSSR count). The number of benzene rings is 2. The molecule has 2 aliphatic rings. The molecule has 2 aromatic heterocycles. The van der Waals surface area contributed by atoms with E-state index in [1.807, 2.05) is 6.07 Å². The molecule has 0 saturated carbocycles. The van der Waals surface area contributed by atoms with Crippen molar-refractivity contribution < 1.29 is 0 Å². The number of allylic oxidation sites excluding steroid dienone is 1. The third-order valence-electron chi connectivity index (χ3n) is 6.90. The summed E-state index contributed by atoms with van der Waals surface area (Å²) in [7, 11) is 0. The first-order valence-electron chi connectivity index (χ1n) is 11.7. The number of fused-ring (bicyclic) bond motifs is 1. The zero-order valence-electron chi connectivity index (χ0n) is 18.8. The van der Waals surface area contributed by atoms with Crippen LogP contribution in [0.2, 0.25) is 0 Å². The number of aromatic nitrogens is 4. The molecule has 1 N–H and O–H groups in total. The second kappa shape index (κ2) is 8.32. The molecule has 1 fully saturated rings. The summed E-state index contributed by atoms with van der Waals surface area (Å²) in [6.07, 6.45) is 7.02. The summed E-state index contributed by atoms with van der Waals surface area (Å²) in [5.74, 6) is 2.64. The number of anilines is 1. The molecule has 0 atom stereocenters. The Morgan fingerprint density at radius 2 is 1.58 bits per heavy atom. The maximum atomic E-state index is 4.99. The third kappa shape index (κ3) is 3.74. The zero-order valence-corrected chi connectivity index (χ0v) is 18.8. The molecule has 2 aromatic carbocycles. The van der Waals surface area contributed by atoms with Gasteiger partial charge >= 0.3 is 0 Å². The number of aromatic amines is 1. The van der Waals surface area contributed by atoms with E-state index in [4.69, 9.17) is 9.97 Å². The van der Waals surface area contributed by atoms with Gasteiger partial charge in [-0.2, -0.15) is 0 Å². The average molecular weight is 434 g/mol. The fraction of sp³-hybridized carbons (Fsp3) is 0.250. The van der Waals surface area contributed by atoms with E-state index in [0.717, 1.165) is 61.1 Å². The summed E-state index contributed by atoms with van der Waals surface area (Å²) in [5.41, 5.74) is 8.30. The fourth-order valence-electron chi connectivity index (χ4n) is 5.12. The first-order valence-corrected chi connectivity index (χ1v) is 11.7. The van der Waals surface area contributed by atoms with Gasteiger partial charge in [-0.1, -0.05) is 60.7 Å². The summed E-state index contributed by atoms with van der Waals surface area (Å²) in [4.78, 5) is 20.3.